The molecule has 2 aromatic rings. The highest BCUT2D eigenvalue weighted by Crippen LogP contribution is 2.21. The van der Waals surface area contributed by atoms with Crippen molar-refractivity contribution in [3.8, 4) is 0 Å². The lowest BCUT2D eigenvalue weighted by Crippen LogP contribution is -2.14. The molecule has 0 unspecified atom stereocenters. The predicted molar refractivity (Wildman–Crippen MR) is 67.8 cm³/mol. The highest BCUT2D eigenvalue weighted by atomic mass is 16.3. The first-order chi connectivity index (χ1) is 7.79. The molecule has 2 nitrogen and oxygen atoms in total. The molecule has 1 aromatic carbocycles. The Morgan fingerprint density at radius 2 is 2.12 bits per heavy atom. The van der Waals surface area contributed by atoms with Crippen LogP contribution in [0.2, 0.25) is 0 Å². The fourth-order valence-electron chi connectivity index (χ4n) is 1.91. The molecule has 0 aliphatic heterocycles. The molecule has 0 bridgehead atoms. The Morgan fingerprint density at radius 1 is 1.25 bits per heavy atom. The Balaban J connectivity index is 2.02. The Labute approximate surface area is 96.6 Å². The number of fused-ring (bicyclic) bond motifs is 1. The van der Waals surface area contributed by atoms with Crippen LogP contribution in [-0.2, 0) is 6.42 Å². The number of hydrogen-bond donors (Lipinski definition) is 1. The third kappa shape index (κ3) is 2.64. The van der Waals surface area contributed by atoms with Gasteiger partial charge in [-0.1, -0.05) is 18.6 Å². The van der Waals surface area contributed by atoms with Crippen molar-refractivity contribution in [3.63, 3.8) is 0 Å². The Bertz CT molecular complexity index is 459. The monoisotopic (exact) mass is 217 g/mol. The van der Waals surface area contributed by atoms with Crippen LogP contribution in [0.25, 0.3) is 11.0 Å². The fraction of sp³-hybridized carbons (Fsp3) is 0.429. The summed E-state index contributed by atoms with van der Waals surface area (Å²) in [6, 6.07) is 8.48. The van der Waals surface area contributed by atoms with Crippen molar-refractivity contribution >= 4 is 11.0 Å². The average molecular weight is 217 g/mol. The number of benzene rings is 1. The van der Waals surface area contributed by atoms with Crippen LogP contribution in [0.4, 0.5) is 0 Å². The molecule has 0 saturated heterocycles. The van der Waals surface area contributed by atoms with Gasteiger partial charge in [-0.05, 0) is 44.6 Å². The van der Waals surface area contributed by atoms with Gasteiger partial charge < -0.3 is 9.73 Å². The summed E-state index contributed by atoms with van der Waals surface area (Å²) < 4.78 is 5.78. The normalized spacial score (nSPS) is 11.1. The number of furan rings is 1. The molecule has 0 saturated carbocycles. The standard InChI is InChI=1S/C14H19NO/c1-3-15-8-4-5-13-10-12-9-11(2)6-7-14(12)16-13/h6-7,9-10,15H,3-5,8H2,1-2H3. The molecule has 0 amide bonds. The largest absolute Gasteiger partial charge is 0.461 e. The van der Waals surface area contributed by atoms with E-state index in [4.69, 9.17) is 4.42 Å². The molecule has 2 rings (SSSR count). The molecule has 2 heteroatoms. The first kappa shape index (κ1) is 11.2. The van der Waals surface area contributed by atoms with E-state index in [2.05, 4.69) is 43.4 Å². The third-order valence-corrected chi connectivity index (χ3v) is 2.75. The van der Waals surface area contributed by atoms with Crippen molar-refractivity contribution < 1.29 is 4.42 Å². The maximum Gasteiger partial charge on any atom is 0.134 e. The summed E-state index contributed by atoms with van der Waals surface area (Å²) in [6.07, 6.45) is 2.15. The topological polar surface area (TPSA) is 25.2 Å². The Morgan fingerprint density at radius 3 is 2.94 bits per heavy atom. The highest BCUT2D eigenvalue weighted by Gasteiger charge is 2.03. The van der Waals surface area contributed by atoms with Gasteiger partial charge in [-0.3, -0.25) is 0 Å². The smallest absolute Gasteiger partial charge is 0.134 e. The molecular formula is C14H19NO. The summed E-state index contributed by atoms with van der Waals surface area (Å²) in [5.41, 5.74) is 2.29. The van der Waals surface area contributed by atoms with Crippen LogP contribution >= 0.6 is 0 Å². The second-order valence-corrected chi connectivity index (χ2v) is 4.21. The van der Waals surface area contributed by atoms with E-state index in [9.17, 15) is 0 Å². The van der Waals surface area contributed by atoms with Crippen molar-refractivity contribution in [1.82, 2.24) is 5.32 Å². The summed E-state index contributed by atoms with van der Waals surface area (Å²) >= 11 is 0. The van der Waals surface area contributed by atoms with Crippen LogP contribution in [0.3, 0.4) is 0 Å². The van der Waals surface area contributed by atoms with Crippen molar-refractivity contribution in [1.29, 1.82) is 0 Å². The molecule has 0 aliphatic rings. The quantitative estimate of drug-likeness (QED) is 0.777. The maximum absolute atomic E-state index is 5.78. The van der Waals surface area contributed by atoms with Gasteiger partial charge in [-0.2, -0.15) is 0 Å². The van der Waals surface area contributed by atoms with Crippen LogP contribution in [0.1, 0.15) is 24.7 Å². The summed E-state index contributed by atoms with van der Waals surface area (Å²) in [6.45, 7) is 6.34. The van der Waals surface area contributed by atoms with Gasteiger partial charge >= 0.3 is 0 Å². The molecule has 0 fully saturated rings. The van der Waals surface area contributed by atoms with Gasteiger partial charge in [0.05, 0.1) is 0 Å². The molecule has 1 N–H and O–H groups in total. The minimum absolute atomic E-state index is 1.00. The average Bonchev–Trinajstić information content (AvgIpc) is 2.66. The van der Waals surface area contributed by atoms with Crippen molar-refractivity contribution in [2.24, 2.45) is 0 Å². The fourth-order valence-corrected chi connectivity index (χ4v) is 1.91. The van der Waals surface area contributed by atoms with Gasteiger partial charge in [-0.25, -0.2) is 0 Å². The minimum atomic E-state index is 1.00. The van der Waals surface area contributed by atoms with Crippen LogP contribution < -0.4 is 5.32 Å². The molecule has 0 aliphatic carbocycles. The number of nitrogens with one attached hydrogen (secondary N) is 1. The third-order valence-electron chi connectivity index (χ3n) is 2.75. The van der Waals surface area contributed by atoms with Crippen molar-refractivity contribution in [2.45, 2.75) is 26.7 Å². The molecule has 0 atom stereocenters. The molecule has 86 valence electrons. The zero-order valence-electron chi connectivity index (χ0n) is 10.0. The molecule has 1 heterocycles. The number of aryl methyl sites for hydroxylation is 2. The van der Waals surface area contributed by atoms with Crippen LogP contribution in [0.5, 0.6) is 0 Å². The number of rotatable bonds is 5. The molecule has 1 aromatic heterocycles. The summed E-state index contributed by atoms with van der Waals surface area (Å²) in [5, 5.41) is 4.54. The van der Waals surface area contributed by atoms with E-state index in [0.717, 1.165) is 37.3 Å². The predicted octanol–water partition coefficient (Wildman–Crippen LogP) is 3.28. The summed E-state index contributed by atoms with van der Waals surface area (Å²) in [4.78, 5) is 0. The highest BCUT2D eigenvalue weighted by molar-refractivity contribution is 5.78. The van der Waals surface area contributed by atoms with E-state index in [1.54, 1.807) is 0 Å². The SMILES string of the molecule is CCNCCCc1cc2cc(C)ccc2o1. The van der Waals surface area contributed by atoms with Crippen LogP contribution in [-0.4, -0.2) is 13.1 Å². The maximum atomic E-state index is 5.78. The molecule has 16 heavy (non-hydrogen) atoms. The van der Waals surface area contributed by atoms with Gasteiger partial charge in [0, 0.05) is 11.8 Å². The first-order valence-electron chi connectivity index (χ1n) is 5.99. The zero-order chi connectivity index (χ0) is 11.4. The van der Waals surface area contributed by atoms with Gasteiger partial charge in [-0.15, -0.1) is 0 Å². The van der Waals surface area contributed by atoms with Crippen LogP contribution in [0, 0.1) is 6.92 Å². The van der Waals surface area contributed by atoms with Crippen LogP contribution in [0.15, 0.2) is 28.7 Å². The van der Waals surface area contributed by atoms with E-state index in [0.29, 0.717) is 0 Å². The first-order valence-corrected chi connectivity index (χ1v) is 5.99. The van der Waals surface area contributed by atoms with Crippen molar-refractivity contribution in [2.75, 3.05) is 13.1 Å². The lowest BCUT2D eigenvalue weighted by molar-refractivity contribution is 0.530. The minimum Gasteiger partial charge on any atom is -0.461 e. The molecular weight excluding hydrogens is 198 g/mol. The lowest BCUT2D eigenvalue weighted by atomic mass is 10.1. The second kappa shape index (κ2) is 5.17. The van der Waals surface area contributed by atoms with E-state index in [1.165, 1.54) is 10.9 Å². The molecule has 0 radical (unpaired) electrons. The van der Waals surface area contributed by atoms with Gasteiger partial charge in [0.2, 0.25) is 0 Å². The number of hydrogen-bond acceptors (Lipinski definition) is 2. The van der Waals surface area contributed by atoms with E-state index < -0.39 is 0 Å². The molecule has 0 spiro atoms. The Kier molecular flexibility index (Phi) is 3.62. The van der Waals surface area contributed by atoms with Gasteiger partial charge in [0.15, 0.2) is 0 Å². The summed E-state index contributed by atoms with van der Waals surface area (Å²) in [5.74, 6) is 1.10. The van der Waals surface area contributed by atoms with Gasteiger partial charge in [0.1, 0.15) is 11.3 Å². The Hall–Kier alpha value is -1.28. The zero-order valence-corrected chi connectivity index (χ0v) is 10.0. The van der Waals surface area contributed by atoms with E-state index >= 15 is 0 Å². The van der Waals surface area contributed by atoms with E-state index in [-0.39, 0.29) is 0 Å². The van der Waals surface area contributed by atoms with Gasteiger partial charge in [0.25, 0.3) is 0 Å². The van der Waals surface area contributed by atoms with E-state index in [1.807, 2.05) is 0 Å². The lowest BCUT2D eigenvalue weighted by Gasteiger charge is -1.98. The second-order valence-electron chi connectivity index (χ2n) is 4.21. The summed E-state index contributed by atoms with van der Waals surface area (Å²) in [7, 11) is 0. The van der Waals surface area contributed by atoms with Crippen molar-refractivity contribution in [3.05, 3.63) is 35.6 Å².